The normalized spacial score (nSPS) is 10.9. The molecule has 0 bridgehead atoms. The quantitative estimate of drug-likeness (QED) is 0.385. The Morgan fingerprint density at radius 3 is 2.74 bits per heavy atom. The van der Waals surface area contributed by atoms with Gasteiger partial charge in [0.2, 0.25) is 5.95 Å². The van der Waals surface area contributed by atoms with Gasteiger partial charge in [-0.05, 0) is 32.3 Å². The summed E-state index contributed by atoms with van der Waals surface area (Å²) in [5.74, 6) is 0.919. The van der Waals surface area contributed by atoms with Gasteiger partial charge in [-0.3, -0.25) is 0 Å². The van der Waals surface area contributed by atoms with Gasteiger partial charge in [-0.2, -0.15) is 10.4 Å². The molecule has 3 N–H and O–H groups in total. The van der Waals surface area contributed by atoms with Crippen molar-refractivity contribution in [2.45, 2.75) is 0 Å². The van der Waals surface area contributed by atoms with Gasteiger partial charge in [0.1, 0.15) is 11.8 Å². The van der Waals surface area contributed by atoms with E-state index in [-0.39, 0.29) is 0 Å². The van der Waals surface area contributed by atoms with Gasteiger partial charge in [-0.1, -0.05) is 6.07 Å². The lowest BCUT2D eigenvalue weighted by atomic mass is 10.1. The minimum atomic E-state index is 0.315. The smallest absolute Gasteiger partial charge is 0.227 e. The molecule has 0 saturated heterocycles. The van der Waals surface area contributed by atoms with E-state index in [9.17, 15) is 5.26 Å². The number of hydrogen-bond donors (Lipinski definition) is 2. The van der Waals surface area contributed by atoms with E-state index in [2.05, 4.69) is 36.3 Å². The maximum atomic E-state index is 9.63. The van der Waals surface area contributed by atoms with Gasteiger partial charge >= 0.3 is 0 Å². The van der Waals surface area contributed by atoms with Gasteiger partial charge in [0, 0.05) is 38.0 Å². The van der Waals surface area contributed by atoms with Gasteiger partial charge in [-0.25, -0.2) is 14.5 Å². The number of pyridine rings is 1. The average molecular weight is 458 g/mol. The van der Waals surface area contributed by atoms with Crippen LogP contribution in [0, 0.1) is 11.3 Å². The summed E-state index contributed by atoms with van der Waals surface area (Å²) in [6.45, 7) is 1.71. The van der Waals surface area contributed by atoms with Crippen LogP contribution < -0.4 is 20.7 Å². The first-order valence-corrected chi connectivity index (χ1v) is 10.7. The molecule has 10 nitrogen and oxygen atoms in total. The Hall–Kier alpha value is -4.36. The van der Waals surface area contributed by atoms with Crippen molar-refractivity contribution in [2.75, 3.05) is 57.3 Å². The number of nitrogens with two attached hydrogens (primary N) is 1. The zero-order chi connectivity index (χ0) is 24.2. The predicted molar refractivity (Wildman–Crippen MR) is 133 cm³/mol. The van der Waals surface area contributed by atoms with Crippen LogP contribution in [0.15, 0.2) is 48.9 Å². The zero-order valence-electron chi connectivity index (χ0n) is 19.6. The van der Waals surface area contributed by atoms with Crippen LogP contribution in [0.2, 0.25) is 0 Å². The van der Waals surface area contributed by atoms with Crippen LogP contribution in [0.4, 0.5) is 23.0 Å². The summed E-state index contributed by atoms with van der Waals surface area (Å²) in [7, 11) is 7.66. The molecule has 0 spiro atoms. The molecule has 0 aliphatic carbocycles. The fourth-order valence-electron chi connectivity index (χ4n) is 3.62. The first-order chi connectivity index (χ1) is 16.4. The third kappa shape index (κ3) is 4.55. The summed E-state index contributed by atoms with van der Waals surface area (Å²) >= 11 is 0. The Bertz CT molecular complexity index is 1360. The summed E-state index contributed by atoms with van der Waals surface area (Å²) < 4.78 is 7.35. The Morgan fingerprint density at radius 1 is 1.18 bits per heavy atom. The Balaban J connectivity index is 1.68. The Labute approximate surface area is 198 Å². The molecule has 0 atom stereocenters. The van der Waals surface area contributed by atoms with Crippen molar-refractivity contribution >= 4 is 28.5 Å². The van der Waals surface area contributed by atoms with Crippen LogP contribution >= 0.6 is 0 Å². The summed E-state index contributed by atoms with van der Waals surface area (Å²) in [5, 5.41) is 17.2. The zero-order valence-corrected chi connectivity index (χ0v) is 19.6. The molecule has 3 heterocycles. The van der Waals surface area contributed by atoms with Crippen molar-refractivity contribution in [2.24, 2.45) is 0 Å². The lowest BCUT2D eigenvalue weighted by Gasteiger charge is -2.24. The number of nitrogen functional groups attached to an aromatic ring is 1. The number of hydrogen-bond acceptors (Lipinski definition) is 9. The molecule has 4 aromatic rings. The molecule has 34 heavy (non-hydrogen) atoms. The standard InChI is InChI=1S/C24H27N9O/c1-31(2)9-10-32(3)21-12-22(34-4)19(11-18(21)26)29-24-27-14-16(13-25)23(30-24)17-15-28-33-8-6-5-7-20(17)33/h5-8,11-12,14-15H,9-10,26H2,1-4H3,(H,27,29,30). The second-order valence-electron chi connectivity index (χ2n) is 8.12. The Morgan fingerprint density at radius 2 is 2.00 bits per heavy atom. The van der Waals surface area contributed by atoms with Crippen LogP contribution in [-0.2, 0) is 0 Å². The highest BCUT2D eigenvalue weighted by Gasteiger charge is 2.17. The molecule has 0 radical (unpaired) electrons. The second kappa shape index (κ2) is 9.64. The van der Waals surface area contributed by atoms with Crippen LogP contribution in [-0.4, -0.2) is 65.8 Å². The number of anilines is 4. The average Bonchev–Trinajstić information content (AvgIpc) is 3.26. The van der Waals surface area contributed by atoms with Crippen molar-refractivity contribution in [1.29, 1.82) is 5.26 Å². The predicted octanol–water partition coefficient (Wildman–Crippen LogP) is 3.00. The number of benzene rings is 1. The van der Waals surface area contributed by atoms with Gasteiger partial charge in [0.25, 0.3) is 0 Å². The monoisotopic (exact) mass is 457 g/mol. The van der Waals surface area contributed by atoms with E-state index in [1.54, 1.807) is 23.9 Å². The first kappa shape index (κ1) is 22.8. The molecule has 0 amide bonds. The minimum Gasteiger partial charge on any atom is -0.494 e. The van der Waals surface area contributed by atoms with Crippen molar-refractivity contribution < 1.29 is 4.74 Å². The highest BCUT2D eigenvalue weighted by molar-refractivity contribution is 5.82. The van der Waals surface area contributed by atoms with E-state index < -0.39 is 0 Å². The van der Waals surface area contributed by atoms with E-state index >= 15 is 0 Å². The number of nitrogens with one attached hydrogen (secondary N) is 1. The molecular weight excluding hydrogens is 430 g/mol. The maximum absolute atomic E-state index is 9.63. The Kier molecular flexibility index (Phi) is 6.47. The number of likely N-dealkylation sites (N-methyl/N-ethyl adjacent to an activating group) is 2. The highest BCUT2D eigenvalue weighted by Crippen LogP contribution is 2.36. The number of ether oxygens (including phenoxy) is 1. The number of methoxy groups -OCH3 is 1. The van der Waals surface area contributed by atoms with E-state index in [1.165, 1.54) is 6.20 Å². The molecule has 10 heteroatoms. The third-order valence-electron chi connectivity index (χ3n) is 5.48. The van der Waals surface area contributed by atoms with Gasteiger partial charge in [-0.15, -0.1) is 0 Å². The third-order valence-corrected chi connectivity index (χ3v) is 5.48. The summed E-state index contributed by atoms with van der Waals surface area (Å²) in [4.78, 5) is 13.2. The van der Waals surface area contributed by atoms with E-state index in [0.29, 0.717) is 34.3 Å². The summed E-state index contributed by atoms with van der Waals surface area (Å²) in [5.41, 5.74) is 10.9. The van der Waals surface area contributed by atoms with Crippen LogP contribution in [0.1, 0.15) is 5.56 Å². The van der Waals surface area contributed by atoms with Crippen LogP contribution in [0.5, 0.6) is 5.75 Å². The lowest BCUT2D eigenvalue weighted by Crippen LogP contribution is -2.29. The molecule has 0 saturated carbocycles. The largest absolute Gasteiger partial charge is 0.494 e. The van der Waals surface area contributed by atoms with Crippen molar-refractivity contribution in [3.8, 4) is 23.1 Å². The molecule has 0 aliphatic rings. The molecule has 4 rings (SSSR count). The van der Waals surface area contributed by atoms with Crippen molar-refractivity contribution in [3.05, 3.63) is 54.5 Å². The lowest BCUT2D eigenvalue weighted by molar-refractivity contribution is 0.413. The minimum absolute atomic E-state index is 0.315. The van der Waals surface area contributed by atoms with E-state index in [1.807, 2.05) is 51.6 Å². The molecule has 174 valence electrons. The topological polar surface area (TPSA) is 121 Å². The fourth-order valence-corrected chi connectivity index (χ4v) is 3.62. The van der Waals surface area contributed by atoms with Gasteiger partial charge in [0.15, 0.2) is 0 Å². The fraction of sp³-hybridized carbons (Fsp3) is 0.250. The molecule has 0 unspecified atom stereocenters. The molecule has 0 fully saturated rings. The second-order valence-corrected chi connectivity index (χ2v) is 8.12. The summed E-state index contributed by atoms with van der Waals surface area (Å²) in [6.07, 6.45) is 5.03. The van der Waals surface area contributed by atoms with Crippen LogP contribution in [0.3, 0.4) is 0 Å². The highest BCUT2D eigenvalue weighted by atomic mass is 16.5. The van der Waals surface area contributed by atoms with Gasteiger partial charge in [0.05, 0.1) is 53.3 Å². The van der Waals surface area contributed by atoms with E-state index in [4.69, 9.17) is 10.5 Å². The summed E-state index contributed by atoms with van der Waals surface area (Å²) in [6, 6.07) is 11.6. The van der Waals surface area contributed by atoms with Gasteiger partial charge < -0.3 is 25.6 Å². The number of rotatable bonds is 8. The number of nitriles is 1. The number of nitrogens with zero attached hydrogens (tertiary/aromatic N) is 7. The molecular formula is C24H27N9O. The van der Waals surface area contributed by atoms with Crippen LogP contribution in [0.25, 0.3) is 16.8 Å². The molecule has 3 aromatic heterocycles. The van der Waals surface area contributed by atoms with Crippen molar-refractivity contribution in [1.82, 2.24) is 24.5 Å². The molecule has 0 aliphatic heterocycles. The number of fused-ring (bicyclic) bond motifs is 1. The maximum Gasteiger partial charge on any atom is 0.227 e. The number of aromatic nitrogens is 4. The van der Waals surface area contributed by atoms with Crippen molar-refractivity contribution in [3.63, 3.8) is 0 Å². The SMILES string of the molecule is COc1cc(N(C)CCN(C)C)c(N)cc1Nc1ncc(C#N)c(-c2cnn3ccccc23)n1. The first-order valence-electron chi connectivity index (χ1n) is 10.7. The molecule has 1 aromatic carbocycles. The van der Waals surface area contributed by atoms with E-state index in [0.717, 1.165) is 29.9 Å².